The number of carbonyl (C=O) groups is 4. The molecule has 0 bridgehead atoms. The van der Waals surface area contributed by atoms with Gasteiger partial charge in [-0.15, -0.1) is 11.6 Å². The lowest BCUT2D eigenvalue weighted by molar-refractivity contribution is -0.384. The van der Waals surface area contributed by atoms with Crippen LogP contribution >= 0.6 is 23.2 Å². The molecule has 36 heavy (non-hydrogen) atoms. The molecule has 1 heterocycles. The number of halogens is 2. The fraction of sp³-hybridized carbons (Fsp3) is 0.360. The normalized spacial score (nSPS) is 20.1. The molecule has 1 aliphatic carbocycles. The molecule has 11 heteroatoms. The van der Waals surface area contributed by atoms with E-state index in [0.717, 1.165) is 35.0 Å². The van der Waals surface area contributed by atoms with Crippen molar-refractivity contribution in [2.45, 2.75) is 38.1 Å². The number of nitro groups is 1. The van der Waals surface area contributed by atoms with Crippen molar-refractivity contribution in [1.29, 1.82) is 0 Å². The molecule has 0 N–H and O–H groups in total. The Labute approximate surface area is 217 Å². The monoisotopic (exact) mass is 531 g/mol. The predicted octanol–water partition coefficient (Wildman–Crippen LogP) is 4.66. The molecule has 1 saturated carbocycles. The molecule has 2 aromatic rings. The number of non-ortho nitro benzene ring substituents is 1. The third-order valence-electron chi connectivity index (χ3n) is 6.68. The molecule has 0 radical (unpaired) electrons. The smallest absolute Gasteiger partial charge is 0.273 e. The molecule has 3 amide bonds. The van der Waals surface area contributed by atoms with Crippen LogP contribution in [0, 0.1) is 22.0 Å². The number of fused-ring (bicyclic) bond motifs is 1. The zero-order valence-electron chi connectivity index (χ0n) is 19.1. The van der Waals surface area contributed by atoms with Gasteiger partial charge >= 0.3 is 0 Å². The maximum atomic E-state index is 13.8. The van der Waals surface area contributed by atoms with E-state index >= 15 is 0 Å². The minimum Gasteiger partial charge on any atom is -0.292 e. The summed E-state index contributed by atoms with van der Waals surface area (Å²) in [5.74, 6) is -3.51. The first-order valence-corrected chi connectivity index (χ1v) is 12.5. The molecular formula is C25H23Cl2N3O6. The van der Waals surface area contributed by atoms with Gasteiger partial charge in [0.25, 0.3) is 23.4 Å². The van der Waals surface area contributed by atoms with Gasteiger partial charge in [-0.1, -0.05) is 24.4 Å². The number of amides is 3. The Balaban J connectivity index is 1.79. The van der Waals surface area contributed by atoms with Crippen LogP contribution in [0.1, 0.15) is 52.8 Å². The van der Waals surface area contributed by atoms with Crippen LogP contribution in [0.4, 0.5) is 5.69 Å². The van der Waals surface area contributed by atoms with Crippen molar-refractivity contribution in [3.05, 3.63) is 74.8 Å². The highest BCUT2D eigenvalue weighted by Gasteiger charge is 2.53. The topological polar surface area (TPSA) is 118 Å². The third-order valence-corrected chi connectivity index (χ3v) is 7.15. The van der Waals surface area contributed by atoms with E-state index < -0.39 is 46.3 Å². The minimum atomic E-state index is -1.26. The summed E-state index contributed by atoms with van der Waals surface area (Å²) in [6, 6.07) is 9.53. The van der Waals surface area contributed by atoms with E-state index in [2.05, 4.69) is 0 Å². The molecule has 2 aromatic carbocycles. The number of rotatable bonds is 8. The highest BCUT2D eigenvalue weighted by molar-refractivity contribution is 6.30. The lowest BCUT2D eigenvalue weighted by Crippen LogP contribution is -2.57. The quantitative estimate of drug-likeness (QED) is 0.160. The zero-order valence-corrected chi connectivity index (χ0v) is 20.7. The second-order valence-electron chi connectivity index (χ2n) is 8.80. The average molecular weight is 532 g/mol. The van der Waals surface area contributed by atoms with Gasteiger partial charge in [0.2, 0.25) is 0 Å². The lowest BCUT2D eigenvalue weighted by atomic mass is 9.81. The standard InChI is InChI=1S/C25H23Cl2N3O6/c26-14-13-21(22(31)15-5-9-17(27)10-6-15)28(23(32)16-7-11-18(12-8-16)30(35)36)29-24(33)19-3-1-2-4-20(19)25(29)34/h5-12,19-21H,1-4,13-14H2/t19-,20-,21+/m1/s1. The van der Waals surface area contributed by atoms with Gasteiger partial charge in [-0.25, -0.2) is 5.01 Å². The van der Waals surface area contributed by atoms with Crippen LogP contribution < -0.4 is 0 Å². The minimum absolute atomic E-state index is 0.0143. The summed E-state index contributed by atoms with van der Waals surface area (Å²) in [7, 11) is 0. The number of Topliss-reactive ketones (excluding diaryl/α,β-unsaturated/α-hetero) is 1. The summed E-state index contributed by atoms with van der Waals surface area (Å²) in [5.41, 5.74) is -0.0147. The van der Waals surface area contributed by atoms with Gasteiger partial charge in [0.15, 0.2) is 5.78 Å². The van der Waals surface area contributed by atoms with Crippen molar-refractivity contribution in [2.75, 3.05) is 5.88 Å². The number of hydrogen-bond acceptors (Lipinski definition) is 6. The molecule has 9 nitrogen and oxygen atoms in total. The lowest BCUT2D eigenvalue weighted by Gasteiger charge is -2.36. The van der Waals surface area contributed by atoms with E-state index in [1.165, 1.54) is 36.4 Å². The largest absolute Gasteiger partial charge is 0.292 e. The maximum Gasteiger partial charge on any atom is 0.273 e. The summed E-state index contributed by atoms with van der Waals surface area (Å²) in [6.45, 7) is 0. The second kappa shape index (κ2) is 10.8. The number of carbonyl (C=O) groups excluding carboxylic acids is 4. The van der Waals surface area contributed by atoms with E-state index in [0.29, 0.717) is 17.9 Å². The zero-order chi connectivity index (χ0) is 26.0. The van der Waals surface area contributed by atoms with E-state index in [-0.39, 0.29) is 29.1 Å². The highest BCUT2D eigenvalue weighted by Crippen LogP contribution is 2.40. The van der Waals surface area contributed by atoms with Crippen molar-refractivity contribution in [3.8, 4) is 0 Å². The van der Waals surface area contributed by atoms with Crippen LogP contribution in [0.25, 0.3) is 0 Å². The number of hydrazine groups is 1. The van der Waals surface area contributed by atoms with Gasteiger partial charge in [0.05, 0.1) is 16.8 Å². The highest BCUT2D eigenvalue weighted by atomic mass is 35.5. The molecule has 4 rings (SSSR count). The molecular weight excluding hydrogens is 509 g/mol. The number of alkyl halides is 1. The molecule has 1 aliphatic heterocycles. The van der Waals surface area contributed by atoms with Crippen molar-refractivity contribution in [3.63, 3.8) is 0 Å². The maximum absolute atomic E-state index is 13.8. The number of nitro benzene ring substituents is 1. The molecule has 0 spiro atoms. The van der Waals surface area contributed by atoms with E-state index in [4.69, 9.17) is 23.2 Å². The fourth-order valence-corrected chi connectivity index (χ4v) is 5.19. The second-order valence-corrected chi connectivity index (χ2v) is 9.62. The summed E-state index contributed by atoms with van der Waals surface area (Å²) >= 11 is 12.0. The fourth-order valence-electron chi connectivity index (χ4n) is 4.86. The van der Waals surface area contributed by atoms with Crippen molar-refractivity contribution < 1.29 is 24.1 Å². The van der Waals surface area contributed by atoms with E-state index in [9.17, 15) is 29.3 Å². The van der Waals surface area contributed by atoms with E-state index in [1.807, 2.05) is 0 Å². The summed E-state index contributed by atoms with van der Waals surface area (Å²) in [4.78, 5) is 64.8. The summed E-state index contributed by atoms with van der Waals surface area (Å²) in [5, 5.41) is 13.2. The average Bonchev–Trinajstić information content (AvgIpc) is 3.13. The molecule has 0 unspecified atom stereocenters. The predicted molar refractivity (Wildman–Crippen MR) is 131 cm³/mol. The Hall–Kier alpha value is -3.30. The van der Waals surface area contributed by atoms with Crippen LogP contribution in [0.5, 0.6) is 0 Å². The van der Waals surface area contributed by atoms with Gasteiger partial charge in [0.1, 0.15) is 6.04 Å². The van der Waals surface area contributed by atoms with Crippen LogP contribution in [0.15, 0.2) is 48.5 Å². The number of hydrogen-bond donors (Lipinski definition) is 0. The van der Waals surface area contributed by atoms with Gasteiger partial charge in [-0.3, -0.25) is 29.3 Å². The molecule has 2 aliphatic rings. The Bertz CT molecular complexity index is 1180. The molecule has 2 fully saturated rings. The number of benzene rings is 2. The Morgan fingerprint density at radius 2 is 1.50 bits per heavy atom. The molecule has 188 valence electrons. The molecule has 1 saturated heterocycles. The van der Waals surface area contributed by atoms with Crippen LogP contribution in [-0.2, 0) is 9.59 Å². The van der Waals surface area contributed by atoms with Crippen molar-refractivity contribution >= 4 is 52.4 Å². The van der Waals surface area contributed by atoms with Crippen LogP contribution in [0.2, 0.25) is 5.02 Å². The Kier molecular flexibility index (Phi) is 7.70. The van der Waals surface area contributed by atoms with Crippen molar-refractivity contribution in [2.24, 2.45) is 11.8 Å². The van der Waals surface area contributed by atoms with Crippen LogP contribution in [-0.4, -0.2) is 50.4 Å². The van der Waals surface area contributed by atoms with Gasteiger partial charge < -0.3 is 0 Å². The van der Waals surface area contributed by atoms with Crippen molar-refractivity contribution in [1.82, 2.24) is 10.0 Å². The molecule has 3 atom stereocenters. The number of nitrogens with zero attached hydrogens (tertiary/aromatic N) is 3. The third kappa shape index (κ3) is 4.85. The Morgan fingerprint density at radius 3 is 2.00 bits per heavy atom. The first kappa shape index (κ1) is 25.8. The van der Waals surface area contributed by atoms with Gasteiger partial charge in [-0.05, 0) is 55.7 Å². The first-order chi connectivity index (χ1) is 17.2. The SMILES string of the molecule is O=C(c1ccc(Cl)cc1)[C@H](CCCl)N(C(=O)c1ccc([N+](=O)[O-])cc1)N1C(=O)[C@@H]2CCCC[C@H]2C1=O. The Morgan fingerprint density at radius 1 is 0.972 bits per heavy atom. The number of ketones is 1. The number of imide groups is 1. The summed E-state index contributed by atoms with van der Waals surface area (Å²) < 4.78 is 0. The summed E-state index contributed by atoms with van der Waals surface area (Å²) in [6.07, 6.45) is 2.60. The van der Waals surface area contributed by atoms with E-state index in [1.54, 1.807) is 0 Å². The first-order valence-electron chi connectivity index (χ1n) is 11.6. The van der Waals surface area contributed by atoms with Gasteiger partial charge in [-0.2, -0.15) is 5.01 Å². The van der Waals surface area contributed by atoms with Gasteiger partial charge in [0, 0.05) is 34.2 Å². The van der Waals surface area contributed by atoms with Crippen LogP contribution in [0.3, 0.4) is 0 Å². The molecule has 0 aromatic heterocycles.